The number of benzene rings is 2. The van der Waals surface area contributed by atoms with Gasteiger partial charge in [-0.05, 0) is 59.7 Å². The molecule has 0 saturated carbocycles. The Kier molecular flexibility index (Phi) is 5.80. The highest BCUT2D eigenvalue weighted by atomic mass is 19.1. The van der Waals surface area contributed by atoms with Gasteiger partial charge in [0.1, 0.15) is 5.82 Å². The number of carbonyl (C=O) groups excluding carboxylic acids is 2. The third-order valence-corrected chi connectivity index (χ3v) is 3.87. The van der Waals surface area contributed by atoms with Gasteiger partial charge >= 0.3 is 0 Å². The summed E-state index contributed by atoms with van der Waals surface area (Å²) in [6.45, 7) is 0.436. The molecule has 2 amide bonds. The zero-order valence-electron chi connectivity index (χ0n) is 14.5. The average Bonchev–Trinajstić information content (AvgIpc) is 2.69. The molecule has 5 heteroatoms. The summed E-state index contributed by atoms with van der Waals surface area (Å²) in [4.78, 5) is 24.1. The lowest BCUT2D eigenvalue weighted by molar-refractivity contribution is -0.120. The maximum atomic E-state index is 13.2. The summed E-state index contributed by atoms with van der Waals surface area (Å²) in [5.41, 5.74) is 2.60. The van der Waals surface area contributed by atoms with Gasteiger partial charge in [-0.2, -0.15) is 0 Å². The number of rotatable bonds is 6. The van der Waals surface area contributed by atoms with Crippen LogP contribution in [0.5, 0.6) is 0 Å². The molecule has 0 fully saturated rings. The van der Waals surface area contributed by atoms with Crippen LogP contribution < -0.4 is 10.6 Å². The maximum Gasteiger partial charge on any atom is 0.255 e. The minimum absolute atomic E-state index is 0.0978. The molecule has 0 aliphatic carbocycles. The Balaban J connectivity index is 1.52. The minimum Gasteiger partial charge on any atom is -0.352 e. The summed E-state index contributed by atoms with van der Waals surface area (Å²) in [6.07, 6.45) is 0.237. The molecular formula is C22H17FN2O2. The van der Waals surface area contributed by atoms with E-state index in [0.717, 1.165) is 11.1 Å². The topological polar surface area (TPSA) is 58.2 Å². The van der Waals surface area contributed by atoms with Crippen LogP contribution in [0.15, 0.2) is 66.7 Å². The SMILES string of the molecule is O=C(Cc1ccc(NC(=O)c2cccc(F)c2)cc1)NCc1cc#ccc1. The standard InChI is InChI=1S/C22H17FN2O2/c23-19-8-4-7-18(14-19)22(27)25-20-11-9-16(10-12-20)13-21(26)24-15-17-5-2-1-3-6-17/h2,4-12,14H,13,15H2,(H,24,26)(H,25,27). The number of carbonyl (C=O) groups is 2. The molecule has 0 bridgehead atoms. The van der Waals surface area contributed by atoms with Gasteiger partial charge in [0.2, 0.25) is 5.91 Å². The first kappa shape index (κ1) is 18.2. The van der Waals surface area contributed by atoms with Crippen LogP contribution in [0.1, 0.15) is 21.5 Å². The number of amides is 2. The second-order valence-electron chi connectivity index (χ2n) is 5.96. The molecule has 0 heterocycles. The van der Waals surface area contributed by atoms with Gasteiger partial charge in [-0.25, -0.2) is 4.39 Å². The normalized spacial score (nSPS) is 9.96. The molecule has 0 saturated heterocycles. The molecule has 27 heavy (non-hydrogen) atoms. The van der Waals surface area contributed by atoms with Gasteiger partial charge in [0.25, 0.3) is 5.91 Å². The van der Waals surface area contributed by atoms with E-state index < -0.39 is 11.7 Å². The first-order valence-electron chi connectivity index (χ1n) is 8.39. The van der Waals surface area contributed by atoms with E-state index in [2.05, 4.69) is 22.8 Å². The lowest BCUT2D eigenvalue weighted by Crippen LogP contribution is -2.24. The second kappa shape index (κ2) is 8.63. The highest BCUT2D eigenvalue weighted by Gasteiger charge is 2.08. The van der Waals surface area contributed by atoms with Crippen molar-refractivity contribution in [1.29, 1.82) is 0 Å². The average molecular weight is 360 g/mol. The fraction of sp³-hybridized carbons (Fsp3) is 0.0909. The maximum absolute atomic E-state index is 13.2. The van der Waals surface area contributed by atoms with Gasteiger partial charge in [0, 0.05) is 17.8 Å². The van der Waals surface area contributed by atoms with Gasteiger partial charge in [0.15, 0.2) is 0 Å². The Bertz CT molecular complexity index is 925. The third-order valence-electron chi connectivity index (χ3n) is 3.87. The van der Waals surface area contributed by atoms with Gasteiger partial charge in [-0.15, -0.1) is 0 Å². The van der Waals surface area contributed by atoms with Crippen LogP contribution >= 0.6 is 0 Å². The molecule has 4 nitrogen and oxygen atoms in total. The second-order valence-corrected chi connectivity index (χ2v) is 5.96. The van der Waals surface area contributed by atoms with E-state index in [4.69, 9.17) is 0 Å². The molecule has 3 aromatic carbocycles. The number of nitrogens with one attached hydrogen (secondary N) is 2. The van der Waals surface area contributed by atoms with E-state index in [9.17, 15) is 14.0 Å². The van der Waals surface area contributed by atoms with Crippen molar-refractivity contribution in [2.75, 3.05) is 5.32 Å². The monoisotopic (exact) mass is 360 g/mol. The fourth-order valence-corrected chi connectivity index (χ4v) is 2.48. The van der Waals surface area contributed by atoms with E-state index >= 15 is 0 Å². The van der Waals surface area contributed by atoms with Crippen LogP contribution in [-0.2, 0) is 17.8 Å². The molecule has 0 aliphatic rings. The van der Waals surface area contributed by atoms with Crippen molar-refractivity contribution in [2.24, 2.45) is 0 Å². The Labute approximate surface area is 157 Å². The predicted molar refractivity (Wildman–Crippen MR) is 100 cm³/mol. The lowest BCUT2D eigenvalue weighted by Gasteiger charge is -2.08. The summed E-state index contributed by atoms with van der Waals surface area (Å²) >= 11 is 0. The molecule has 3 rings (SSSR count). The summed E-state index contributed by atoms with van der Waals surface area (Å²) in [6, 6.07) is 23.5. The molecule has 0 radical (unpaired) electrons. The summed E-state index contributed by atoms with van der Waals surface area (Å²) in [5, 5.41) is 5.54. The first-order valence-corrected chi connectivity index (χ1v) is 8.39. The van der Waals surface area contributed by atoms with E-state index in [-0.39, 0.29) is 17.9 Å². The van der Waals surface area contributed by atoms with Crippen molar-refractivity contribution in [3.8, 4) is 0 Å². The van der Waals surface area contributed by atoms with Crippen molar-refractivity contribution >= 4 is 17.5 Å². The highest BCUT2D eigenvalue weighted by molar-refractivity contribution is 6.04. The van der Waals surface area contributed by atoms with Crippen molar-refractivity contribution in [2.45, 2.75) is 13.0 Å². The van der Waals surface area contributed by atoms with Gasteiger partial charge in [-0.3, -0.25) is 9.59 Å². The van der Waals surface area contributed by atoms with Crippen molar-refractivity contribution in [1.82, 2.24) is 5.32 Å². The summed E-state index contributed by atoms with van der Waals surface area (Å²) < 4.78 is 13.2. The summed E-state index contributed by atoms with van der Waals surface area (Å²) in [5.74, 6) is -0.952. The van der Waals surface area contributed by atoms with E-state index in [1.54, 1.807) is 42.5 Å². The molecule has 0 spiro atoms. The first-order chi connectivity index (χ1) is 13.1. The predicted octanol–water partition coefficient (Wildman–Crippen LogP) is 3.54. The molecule has 0 atom stereocenters. The van der Waals surface area contributed by atoms with Crippen LogP contribution in [0.3, 0.4) is 0 Å². The highest BCUT2D eigenvalue weighted by Crippen LogP contribution is 2.13. The molecule has 0 aliphatic heterocycles. The number of hydrogen-bond acceptors (Lipinski definition) is 2. The largest absolute Gasteiger partial charge is 0.352 e. The number of hydrogen-bond donors (Lipinski definition) is 2. The van der Waals surface area contributed by atoms with Crippen LogP contribution in [-0.4, -0.2) is 11.8 Å². The Morgan fingerprint density at radius 2 is 1.78 bits per heavy atom. The minimum atomic E-state index is -0.462. The Morgan fingerprint density at radius 1 is 0.963 bits per heavy atom. The lowest BCUT2D eigenvalue weighted by atomic mass is 10.1. The third kappa shape index (κ3) is 5.41. The van der Waals surface area contributed by atoms with Gasteiger partial charge in [0.05, 0.1) is 6.42 Å². The Morgan fingerprint density at radius 3 is 2.48 bits per heavy atom. The molecular weight excluding hydrogens is 343 g/mol. The van der Waals surface area contributed by atoms with Crippen LogP contribution in [0.25, 0.3) is 0 Å². The van der Waals surface area contributed by atoms with Crippen LogP contribution in [0.4, 0.5) is 10.1 Å². The number of anilines is 1. The van der Waals surface area contributed by atoms with E-state index in [0.29, 0.717) is 12.2 Å². The van der Waals surface area contributed by atoms with Crippen molar-refractivity contribution in [3.05, 3.63) is 101 Å². The van der Waals surface area contributed by atoms with Crippen LogP contribution in [0.2, 0.25) is 0 Å². The molecule has 3 aromatic rings. The quantitative estimate of drug-likeness (QED) is 0.706. The van der Waals surface area contributed by atoms with Gasteiger partial charge < -0.3 is 10.6 Å². The zero-order valence-corrected chi connectivity index (χ0v) is 14.5. The van der Waals surface area contributed by atoms with Crippen molar-refractivity contribution < 1.29 is 14.0 Å². The van der Waals surface area contributed by atoms with E-state index in [1.165, 1.54) is 18.2 Å². The molecule has 134 valence electrons. The molecule has 2 N–H and O–H groups in total. The smallest absolute Gasteiger partial charge is 0.255 e. The summed E-state index contributed by atoms with van der Waals surface area (Å²) in [7, 11) is 0. The molecule has 0 aromatic heterocycles. The van der Waals surface area contributed by atoms with Crippen LogP contribution in [0, 0.1) is 17.9 Å². The fourth-order valence-electron chi connectivity index (χ4n) is 2.48. The van der Waals surface area contributed by atoms with Gasteiger partial charge in [-0.1, -0.05) is 30.3 Å². The zero-order chi connectivity index (χ0) is 19.1. The van der Waals surface area contributed by atoms with Crippen molar-refractivity contribution in [3.63, 3.8) is 0 Å². The van der Waals surface area contributed by atoms with E-state index in [1.807, 2.05) is 6.07 Å². The number of halogens is 1. The molecule has 0 unspecified atom stereocenters. The Hall–Kier alpha value is -3.65.